The molecule has 0 radical (unpaired) electrons. The average Bonchev–Trinajstić information content (AvgIpc) is 2.82. The number of phenolic OH excluding ortho intramolecular Hbond substituents is 1. The number of rotatable bonds is 2. The van der Waals surface area contributed by atoms with E-state index in [9.17, 15) is 30.0 Å². The summed E-state index contributed by atoms with van der Waals surface area (Å²) in [5.41, 5.74) is 2.33. The van der Waals surface area contributed by atoms with Gasteiger partial charge in [-0.3, -0.25) is 9.59 Å². The fourth-order valence-corrected chi connectivity index (χ4v) is 6.34. The number of benzene rings is 2. The van der Waals surface area contributed by atoms with E-state index in [4.69, 9.17) is 0 Å². The SMILES string of the molecule is C=C(C)C1=C(O)C[C@@H]2[C@@H](O)[C@H]3C(=C(C)[C@]2(O)C1=O)C(=O)c1c(O)cccc1/C3=C\c1ccc(C)cc1C. The molecule has 0 saturated carbocycles. The van der Waals surface area contributed by atoms with Crippen molar-refractivity contribution in [3.05, 3.63) is 98.8 Å². The molecule has 5 rings (SSSR count). The molecule has 6 heteroatoms. The van der Waals surface area contributed by atoms with Gasteiger partial charge in [0.2, 0.25) is 5.78 Å². The summed E-state index contributed by atoms with van der Waals surface area (Å²) in [5, 5.41) is 45.1. The van der Waals surface area contributed by atoms with Crippen molar-refractivity contribution in [2.24, 2.45) is 11.8 Å². The zero-order chi connectivity index (χ0) is 27.0. The van der Waals surface area contributed by atoms with Crippen LogP contribution < -0.4 is 0 Å². The number of hydrogen-bond donors (Lipinski definition) is 4. The van der Waals surface area contributed by atoms with E-state index in [1.54, 1.807) is 19.1 Å². The predicted molar refractivity (Wildman–Crippen MR) is 141 cm³/mol. The number of allylic oxidation sites excluding steroid dienone is 2. The van der Waals surface area contributed by atoms with E-state index in [0.717, 1.165) is 16.7 Å². The highest BCUT2D eigenvalue weighted by atomic mass is 16.3. The normalized spacial score (nSPS) is 28.3. The second kappa shape index (κ2) is 8.40. The molecule has 0 aliphatic heterocycles. The first kappa shape index (κ1) is 24.9. The third-order valence-corrected chi connectivity index (χ3v) is 8.18. The van der Waals surface area contributed by atoms with Crippen LogP contribution in [0.1, 0.15) is 52.9 Å². The van der Waals surface area contributed by atoms with Gasteiger partial charge in [-0.25, -0.2) is 0 Å². The summed E-state index contributed by atoms with van der Waals surface area (Å²) in [7, 11) is 0. The fourth-order valence-electron chi connectivity index (χ4n) is 6.34. The number of ketones is 2. The molecule has 0 fully saturated rings. The largest absolute Gasteiger partial charge is 0.512 e. The molecule has 0 bridgehead atoms. The van der Waals surface area contributed by atoms with Gasteiger partial charge in [0.1, 0.15) is 11.5 Å². The molecule has 0 aromatic heterocycles. The van der Waals surface area contributed by atoms with E-state index in [-0.39, 0.29) is 45.8 Å². The van der Waals surface area contributed by atoms with Gasteiger partial charge in [-0.1, -0.05) is 48.6 Å². The third-order valence-electron chi connectivity index (χ3n) is 8.18. The Hall–Kier alpha value is -3.74. The van der Waals surface area contributed by atoms with Crippen LogP contribution in [0.4, 0.5) is 0 Å². The summed E-state index contributed by atoms with van der Waals surface area (Å²) < 4.78 is 0. The van der Waals surface area contributed by atoms with Crippen molar-refractivity contribution in [1.82, 2.24) is 0 Å². The minimum atomic E-state index is -2.20. The fraction of sp³-hybridized carbons (Fsp3) is 0.290. The third kappa shape index (κ3) is 3.40. The smallest absolute Gasteiger partial charge is 0.202 e. The summed E-state index contributed by atoms with van der Waals surface area (Å²) in [4.78, 5) is 27.5. The van der Waals surface area contributed by atoms with Gasteiger partial charge in [-0.2, -0.15) is 0 Å². The van der Waals surface area contributed by atoms with Gasteiger partial charge in [0, 0.05) is 23.8 Å². The molecule has 2 aromatic rings. The number of aryl methyl sites for hydroxylation is 2. The molecule has 3 aliphatic rings. The first-order chi connectivity index (χ1) is 17.4. The molecule has 0 unspecified atom stereocenters. The van der Waals surface area contributed by atoms with Crippen LogP contribution in [0.25, 0.3) is 11.6 Å². The number of carbonyl (C=O) groups excluding carboxylic acids is 2. The van der Waals surface area contributed by atoms with E-state index in [1.807, 2.05) is 38.1 Å². The van der Waals surface area contributed by atoms with Gasteiger partial charge in [-0.05, 0) is 67.2 Å². The van der Waals surface area contributed by atoms with Gasteiger partial charge in [0.05, 0.1) is 17.2 Å². The molecule has 4 atom stereocenters. The van der Waals surface area contributed by atoms with E-state index in [2.05, 4.69) is 6.58 Å². The van der Waals surface area contributed by atoms with E-state index >= 15 is 0 Å². The zero-order valence-electron chi connectivity index (χ0n) is 21.3. The molecular weight excluding hydrogens is 468 g/mol. The first-order valence-electron chi connectivity index (χ1n) is 12.3. The van der Waals surface area contributed by atoms with Gasteiger partial charge in [0.15, 0.2) is 11.4 Å². The number of aromatic hydroxyl groups is 1. The molecule has 2 aromatic carbocycles. The van der Waals surface area contributed by atoms with Gasteiger partial charge in [0.25, 0.3) is 0 Å². The molecule has 0 heterocycles. The molecule has 0 amide bonds. The number of carbonyl (C=O) groups is 2. The highest BCUT2D eigenvalue weighted by molar-refractivity contribution is 6.21. The molecule has 37 heavy (non-hydrogen) atoms. The lowest BCUT2D eigenvalue weighted by Gasteiger charge is -2.50. The number of aliphatic hydroxyl groups excluding tert-OH is 2. The Morgan fingerprint density at radius 3 is 2.46 bits per heavy atom. The van der Waals surface area contributed by atoms with Crippen LogP contribution in [0, 0.1) is 25.7 Å². The summed E-state index contributed by atoms with van der Waals surface area (Å²) in [5.74, 6) is -3.73. The lowest BCUT2D eigenvalue weighted by atomic mass is 9.55. The van der Waals surface area contributed by atoms with Crippen LogP contribution in [0.2, 0.25) is 0 Å². The summed E-state index contributed by atoms with van der Waals surface area (Å²) in [6.07, 6.45) is 0.382. The maximum atomic E-state index is 13.9. The number of hydrogen-bond acceptors (Lipinski definition) is 6. The minimum absolute atomic E-state index is 0.0696. The first-order valence-corrected chi connectivity index (χ1v) is 12.3. The van der Waals surface area contributed by atoms with Crippen LogP contribution in [-0.4, -0.2) is 43.7 Å². The van der Waals surface area contributed by atoms with Crippen molar-refractivity contribution >= 4 is 23.2 Å². The number of phenols is 1. The topological polar surface area (TPSA) is 115 Å². The van der Waals surface area contributed by atoms with Crippen molar-refractivity contribution in [2.45, 2.75) is 45.8 Å². The lowest BCUT2D eigenvalue weighted by Crippen LogP contribution is -2.60. The van der Waals surface area contributed by atoms with Gasteiger partial charge in [-0.15, -0.1) is 0 Å². The predicted octanol–water partition coefficient (Wildman–Crippen LogP) is 4.76. The van der Waals surface area contributed by atoms with Gasteiger partial charge < -0.3 is 20.4 Å². The Kier molecular flexibility index (Phi) is 5.66. The van der Waals surface area contributed by atoms with Crippen LogP contribution in [-0.2, 0) is 4.79 Å². The summed E-state index contributed by atoms with van der Waals surface area (Å²) in [6.45, 7) is 10.8. The number of Topliss-reactive ketones (excluding diaryl/α,β-unsaturated/α-hetero) is 2. The van der Waals surface area contributed by atoms with Crippen LogP contribution in [0.5, 0.6) is 5.75 Å². The molecule has 0 spiro atoms. The van der Waals surface area contributed by atoms with Crippen molar-refractivity contribution in [1.29, 1.82) is 0 Å². The highest BCUT2D eigenvalue weighted by Gasteiger charge is 2.61. The summed E-state index contributed by atoms with van der Waals surface area (Å²) in [6, 6.07) is 10.7. The van der Waals surface area contributed by atoms with E-state index in [0.29, 0.717) is 11.1 Å². The molecule has 0 saturated heterocycles. The van der Waals surface area contributed by atoms with E-state index < -0.39 is 35.1 Å². The van der Waals surface area contributed by atoms with Crippen LogP contribution in [0.15, 0.2) is 71.0 Å². The Morgan fingerprint density at radius 1 is 1.11 bits per heavy atom. The minimum Gasteiger partial charge on any atom is -0.512 e. The lowest BCUT2D eigenvalue weighted by molar-refractivity contribution is -0.145. The summed E-state index contributed by atoms with van der Waals surface area (Å²) >= 11 is 0. The van der Waals surface area contributed by atoms with Crippen molar-refractivity contribution < 1.29 is 30.0 Å². The maximum absolute atomic E-state index is 13.9. The second-order valence-electron chi connectivity index (χ2n) is 10.5. The van der Waals surface area contributed by atoms with Crippen molar-refractivity contribution in [2.75, 3.05) is 0 Å². The number of fused-ring (bicyclic) bond motifs is 3. The molecule has 6 nitrogen and oxygen atoms in total. The standard InChI is InChI=1S/C31H30O6/c1-14(2)24-23(33)13-21-28(34)27-20(12-18-10-9-15(3)11-16(18)4)19-7-6-8-22(32)26(19)29(35)25(27)17(5)31(21,37)30(24)36/h6-12,21,27-28,32-34,37H,1,13H2,2-5H3/b20-12+/t21-,27-,28-,31-/m1/s1. The Morgan fingerprint density at radius 2 is 1.81 bits per heavy atom. The Balaban J connectivity index is 1.83. The number of aliphatic hydroxyl groups is 3. The zero-order valence-corrected chi connectivity index (χ0v) is 21.3. The Labute approximate surface area is 215 Å². The second-order valence-corrected chi connectivity index (χ2v) is 10.5. The average molecular weight is 499 g/mol. The maximum Gasteiger partial charge on any atom is 0.202 e. The monoisotopic (exact) mass is 498 g/mol. The van der Waals surface area contributed by atoms with Crippen LogP contribution >= 0.6 is 0 Å². The Bertz CT molecular complexity index is 1500. The van der Waals surface area contributed by atoms with Crippen molar-refractivity contribution in [3.63, 3.8) is 0 Å². The molecule has 4 N–H and O–H groups in total. The molecular formula is C31H30O6. The molecule has 3 aliphatic carbocycles. The van der Waals surface area contributed by atoms with Gasteiger partial charge >= 0.3 is 0 Å². The van der Waals surface area contributed by atoms with Crippen LogP contribution in [0.3, 0.4) is 0 Å². The van der Waals surface area contributed by atoms with E-state index in [1.165, 1.54) is 13.0 Å². The van der Waals surface area contributed by atoms with Crippen molar-refractivity contribution in [3.8, 4) is 5.75 Å². The quantitative estimate of drug-likeness (QED) is 0.475. The molecule has 190 valence electrons. The highest BCUT2D eigenvalue weighted by Crippen LogP contribution is 2.55.